The standard InChI is InChI=1S/C13H20FNOS/c1-4-13(15-9-10(2)17(3)16)11-7-5-6-8-12(11)14/h5-8,10,13,15H,4,9H2,1-3H3. The Kier molecular flexibility index (Phi) is 5.78. The van der Waals surface area contributed by atoms with Crippen molar-refractivity contribution in [2.45, 2.75) is 31.6 Å². The van der Waals surface area contributed by atoms with Gasteiger partial charge in [0, 0.05) is 40.5 Å². The van der Waals surface area contributed by atoms with Gasteiger partial charge < -0.3 is 5.32 Å². The van der Waals surface area contributed by atoms with Crippen molar-refractivity contribution in [3.05, 3.63) is 35.6 Å². The van der Waals surface area contributed by atoms with Crippen LogP contribution >= 0.6 is 0 Å². The average molecular weight is 257 g/mol. The number of hydrogen-bond donors (Lipinski definition) is 1. The second-order valence-electron chi connectivity index (χ2n) is 4.20. The predicted octanol–water partition coefficient (Wildman–Crippen LogP) is 2.63. The van der Waals surface area contributed by atoms with E-state index in [1.165, 1.54) is 6.07 Å². The molecule has 0 saturated heterocycles. The summed E-state index contributed by atoms with van der Waals surface area (Å²) >= 11 is 0. The Bertz CT molecular complexity index is 383. The lowest BCUT2D eigenvalue weighted by Gasteiger charge is -2.20. The summed E-state index contributed by atoms with van der Waals surface area (Å²) in [5.74, 6) is -0.183. The Morgan fingerprint density at radius 3 is 2.59 bits per heavy atom. The van der Waals surface area contributed by atoms with Crippen molar-refractivity contribution in [2.24, 2.45) is 0 Å². The van der Waals surface area contributed by atoms with Crippen LogP contribution in [0.2, 0.25) is 0 Å². The van der Waals surface area contributed by atoms with Gasteiger partial charge in [-0.15, -0.1) is 0 Å². The molecular formula is C13H20FNOS. The lowest BCUT2D eigenvalue weighted by molar-refractivity contribution is 0.489. The van der Waals surface area contributed by atoms with Gasteiger partial charge in [-0.2, -0.15) is 0 Å². The Labute approximate surface area is 105 Å². The highest BCUT2D eigenvalue weighted by molar-refractivity contribution is 7.84. The molecule has 0 bridgehead atoms. The van der Waals surface area contributed by atoms with E-state index < -0.39 is 10.8 Å². The van der Waals surface area contributed by atoms with E-state index in [1.54, 1.807) is 18.4 Å². The first-order chi connectivity index (χ1) is 8.06. The van der Waals surface area contributed by atoms with Crippen LogP contribution in [0.5, 0.6) is 0 Å². The van der Waals surface area contributed by atoms with Crippen LogP contribution in [-0.2, 0) is 10.8 Å². The summed E-state index contributed by atoms with van der Waals surface area (Å²) in [4.78, 5) is 0. The average Bonchev–Trinajstić information content (AvgIpc) is 2.31. The smallest absolute Gasteiger partial charge is 0.127 e. The second kappa shape index (κ2) is 6.87. The van der Waals surface area contributed by atoms with Gasteiger partial charge in [0.2, 0.25) is 0 Å². The van der Waals surface area contributed by atoms with E-state index in [0.29, 0.717) is 12.1 Å². The minimum absolute atomic E-state index is 0.0119. The van der Waals surface area contributed by atoms with Gasteiger partial charge in [-0.1, -0.05) is 25.1 Å². The molecule has 3 atom stereocenters. The van der Waals surface area contributed by atoms with E-state index in [9.17, 15) is 8.60 Å². The van der Waals surface area contributed by atoms with Gasteiger partial charge in [0.25, 0.3) is 0 Å². The Hall–Kier alpha value is -0.740. The van der Waals surface area contributed by atoms with Gasteiger partial charge in [0.15, 0.2) is 0 Å². The molecule has 2 nitrogen and oxygen atoms in total. The zero-order valence-electron chi connectivity index (χ0n) is 10.6. The molecule has 1 rings (SSSR count). The SMILES string of the molecule is CCC(NCC(C)S(C)=O)c1ccccc1F. The van der Waals surface area contributed by atoms with Crippen LogP contribution in [0.4, 0.5) is 4.39 Å². The molecule has 0 saturated carbocycles. The van der Waals surface area contributed by atoms with Crippen LogP contribution < -0.4 is 5.32 Å². The quantitative estimate of drug-likeness (QED) is 0.849. The fourth-order valence-corrected chi connectivity index (χ4v) is 1.99. The molecule has 1 N–H and O–H groups in total. The zero-order valence-corrected chi connectivity index (χ0v) is 11.4. The van der Waals surface area contributed by atoms with Crippen LogP contribution in [0.1, 0.15) is 31.9 Å². The molecule has 0 heterocycles. The molecule has 0 aromatic heterocycles. The maximum Gasteiger partial charge on any atom is 0.127 e. The lowest BCUT2D eigenvalue weighted by atomic mass is 10.0. The second-order valence-corrected chi connectivity index (χ2v) is 6.00. The maximum absolute atomic E-state index is 13.6. The number of hydrogen-bond acceptors (Lipinski definition) is 2. The Morgan fingerprint density at radius 2 is 2.06 bits per heavy atom. The highest BCUT2D eigenvalue weighted by atomic mass is 32.2. The van der Waals surface area contributed by atoms with Crippen molar-refractivity contribution in [1.82, 2.24) is 5.32 Å². The van der Waals surface area contributed by atoms with Gasteiger partial charge in [-0.05, 0) is 19.4 Å². The number of rotatable bonds is 6. The van der Waals surface area contributed by atoms with Crippen LogP contribution in [0.3, 0.4) is 0 Å². The molecule has 0 amide bonds. The van der Waals surface area contributed by atoms with Crippen molar-refractivity contribution in [3.8, 4) is 0 Å². The van der Waals surface area contributed by atoms with E-state index in [4.69, 9.17) is 0 Å². The predicted molar refractivity (Wildman–Crippen MR) is 71.0 cm³/mol. The van der Waals surface area contributed by atoms with Crippen LogP contribution in [0, 0.1) is 5.82 Å². The summed E-state index contributed by atoms with van der Waals surface area (Å²) in [6, 6.07) is 6.78. The van der Waals surface area contributed by atoms with Gasteiger partial charge in [-0.25, -0.2) is 4.39 Å². The number of halogens is 1. The van der Waals surface area contributed by atoms with Gasteiger partial charge in [-0.3, -0.25) is 4.21 Å². The topological polar surface area (TPSA) is 29.1 Å². The van der Waals surface area contributed by atoms with Gasteiger partial charge in [0.1, 0.15) is 5.82 Å². The molecule has 17 heavy (non-hydrogen) atoms. The summed E-state index contributed by atoms with van der Waals surface area (Å²) in [5, 5.41) is 3.35. The van der Waals surface area contributed by atoms with E-state index in [0.717, 1.165) is 6.42 Å². The molecule has 0 radical (unpaired) electrons. The van der Waals surface area contributed by atoms with Crippen molar-refractivity contribution >= 4 is 10.8 Å². The molecule has 0 fully saturated rings. The largest absolute Gasteiger partial charge is 0.309 e. The minimum atomic E-state index is -0.847. The molecule has 0 aliphatic rings. The summed E-state index contributed by atoms with van der Waals surface area (Å²) in [6.45, 7) is 4.57. The molecule has 0 aliphatic carbocycles. The normalized spacial score (nSPS) is 16.5. The van der Waals surface area contributed by atoms with Crippen molar-refractivity contribution in [1.29, 1.82) is 0 Å². The zero-order chi connectivity index (χ0) is 12.8. The first kappa shape index (κ1) is 14.3. The lowest BCUT2D eigenvalue weighted by Crippen LogP contribution is -2.31. The van der Waals surface area contributed by atoms with E-state index in [-0.39, 0.29) is 17.1 Å². The highest BCUT2D eigenvalue weighted by Gasteiger charge is 2.14. The van der Waals surface area contributed by atoms with E-state index in [1.807, 2.05) is 19.9 Å². The summed E-state index contributed by atoms with van der Waals surface area (Å²) in [7, 11) is -0.847. The van der Waals surface area contributed by atoms with Crippen molar-refractivity contribution < 1.29 is 8.60 Å². The summed E-state index contributed by atoms with van der Waals surface area (Å²) in [5.41, 5.74) is 0.684. The molecular weight excluding hydrogens is 237 g/mol. The van der Waals surface area contributed by atoms with Crippen molar-refractivity contribution in [3.63, 3.8) is 0 Å². The first-order valence-electron chi connectivity index (χ1n) is 5.86. The Balaban J connectivity index is 2.67. The van der Waals surface area contributed by atoms with Crippen LogP contribution in [0.25, 0.3) is 0 Å². The molecule has 3 unspecified atom stereocenters. The molecule has 0 spiro atoms. The maximum atomic E-state index is 13.6. The summed E-state index contributed by atoms with van der Waals surface area (Å²) < 4.78 is 24.9. The van der Waals surface area contributed by atoms with Crippen molar-refractivity contribution in [2.75, 3.05) is 12.8 Å². The third-order valence-electron chi connectivity index (χ3n) is 2.91. The number of nitrogens with one attached hydrogen (secondary N) is 1. The first-order valence-corrected chi connectivity index (χ1v) is 7.48. The monoisotopic (exact) mass is 257 g/mol. The summed E-state index contributed by atoms with van der Waals surface area (Å²) in [6.07, 6.45) is 2.50. The molecule has 1 aromatic rings. The van der Waals surface area contributed by atoms with Crippen LogP contribution in [-0.4, -0.2) is 22.3 Å². The third kappa shape index (κ3) is 4.21. The molecule has 0 aliphatic heterocycles. The third-order valence-corrected chi connectivity index (χ3v) is 4.21. The minimum Gasteiger partial charge on any atom is -0.309 e. The fourth-order valence-electron chi connectivity index (χ4n) is 1.66. The molecule has 96 valence electrons. The number of benzene rings is 1. The van der Waals surface area contributed by atoms with Crippen LogP contribution in [0.15, 0.2) is 24.3 Å². The Morgan fingerprint density at radius 1 is 1.41 bits per heavy atom. The van der Waals surface area contributed by atoms with Gasteiger partial charge in [0.05, 0.1) is 0 Å². The fraction of sp³-hybridized carbons (Fsp3) is 0.538. The van der Waals surface area contributed by atoms with E-state index >= 15 is 0 Å². The molecule has 4 heteroatoms. The highest BCUT2D eigenvalue weighted by Crippen LogP contribution is 2.19. The molecule has 1 aromatic carbocycles. The van der Waals surface area contributed by atoms with E-state index in [2.05, 4.69) is 5.32 Å². The van der Waals surface area contributed by atoms with Gasteiger partial charge >= 0.3 is 0 Å².